The number of hydrogen-bond donors (Lipinski definition) is 1. The molecule has 1 fully saturated rings. The molecule has 0 aliphatic carbocycles. The molecule has 2 aliphatic rings. The number of rotatable bonds is 3. The van der Waals surface area contributed by atoms with E-state index in [9.17, 15) is 14.7 Å². The van der Waals surface area contributed by atoms with Gasteiger partial charge in [-0.05, 0) is 47.8 Å². The highest BCUT2D eigenvalue weighted by Gasteiger charge is 2.48. The van der Waals surface area contributed by atoms with Crippen molar-refractivity contribution in [2.24, 2.45) is 0 Å². The van der Waals surface area contributed by atoms with Crippen LogP contribution in [0, 0.1) is 0 Å². The summed E-state index contributed by atoms with van der Waals surface area (Å²) < 4.78 is 12.0. The molecule has 2 aromatic carbocycles. The van der Waals surface area contributed by atoms with Gasteiger partial charge in [0.05, 0.1) is 15.8 Å². The lowest BCUT2D eigenvalue weighted by Gasteiger charge is -2.22. The molecule has 0 bridgehead atoms. The third-order valence-corrected chi connectivity index (χ3v) is 7.80. The largest absolute Gasteiger partial charge is 0.507 e. The van der Waals surface area contributed by atoms with E-state index in [2.05, 4.69) is 4.98 Å². The molecule has 1 saturated heterocycles. The molecular weight excluding hydrogens is 496 g/mol. The average Bonchev–Trinajstić information content (AvgIpc) is 3.57. The molecule has 2 aromatic heterocycles. The van der Waals surface area contributed by atoms with E-state index in [0.717, 1.165) is 9.58 Å². The fraction of sp³-hybridized carbons (Fsp3) is 0.125. The number of ketones is 1. The molecular formula is C24H15ClN2O5S2. The van der Waals surface area contributed by atoms with E-state index in [1.807, 2.05) is 17.5 Å². The molecule has 2 aliphatic heterocycles. The third-order valence-electron chi connectivity index (χ3n) is 5.62. The fourth-order valence-electron chi connectivity index (χ4n) is 4.08. The molecule has 0 radical (unpaired) electrons. The summed E-state index contributed by atoms with van der Waals surface area (Å²) in [6.07, 6.45) is 0. The molecule has 34 heavy (non-hydrogen) atoms. The first-order valence-electron chi connectivity index (χ1n) is 10.3. The van der Waals surface area contributed by atoms with Crippen LogP contribution in [0.15, 0.2) is 59.5 Å². The quantitative estimate of drug-likeness (QED) is 0.225. The highest BCUT2D eigenvalue weighted by Crippen LogP contribution is 2.46. The van der Waals surface area contributed by atoms with E-state index in [-0.39, 0.29) is 11.3 Å². The van der Waals surface area contributed by atoms with Gasteiger partial charge in [0.15, 0.2) is 16.6 Å². The van der Waals surface area contributed by atoms with E-state index in [1.165, 1.54) is 27.6 Å². The van der Waals surface area contributed by atoms with Crippen LogP contribution >= 0.6 is 34.3 Å². The second kappa shape index (κ2) is 8.12. The highest BCUT2D eigenvalue weighted by molar-refractivity contribution is 7.22. The number of Topliss-reactive ketones (excluding diaryl/α,β-unsaturated/α-hetero) is 1. The van der Waals surface area contributed by atoms with Crippen molar-refractivity contribution in [2.45, 2.75) is 6.04 Å². The summed E-state index contributed by atoms with van der Waals surface area (Å²) >= 11 is 8.77. The molecule has 0 spiro atoms. The number of carbonyl (C=O) groups excluding carboxylic acids is 2. The van der Waals surface area contributed by atoms with Crippen molar-refractivity contribution < 1.29 is 24.2 Å². The number of amides is 1. The van der Waals surface area contributed by atoms with Crippen LogP contribution in [0.25, 0.3) is 16.0 Å². The van der Waals surface area contributed by atoms with Gasteiger partial charge in [0, 0.05) is 15.5 Å². The predicted octanol–water partition coefficient (Wildman–Crippen LogP) is 5.41. The number of ether oxygens (including phenoxy) is 2. The van der Waals surface area contributed by atoms with Crippen LogP contribution in [-0.4, -0.2) is 35.0 Å². The number of aromatic nitrogens is 1. The van der Waals surface area contributed by atoms with Crippen LogP contribution in [0.4, 0.5) is 5.13 Å². The Morgan fingerprint density at radius 1 is 1.09 bits per heavy atom. The molecule has 0 unspecified atom stereocenters. The first kappa shape index (κ1) is 21.2. The monoisotopic (exact) mass is 510 g/mol. The Balaban J connectivity index is 1.52. The SMILES string of the molecule is O=C1C(=O)N(c2nc3ccc(Cl)cc3s2)[C@@H](c2cccs2)C1=C(O)c1ccc2c(c1)OCCO2. The van der Waals surface area contributed by atoms with Gasteiger partial charge < -0.3 is 14.6 Å². The molecule has 7 nitrogen and oxygen atoms in total. The van der Waals surface area contributed by atoms with Gasteiger partial charge in [0.1, 0.15) is 25.0 Å². The summed E-state index contributed by atoms with van der Waals surface area (Å²) in [6, 6.07) is 13.0. The lowest BCUT2D eigenvalue weighted by atomic mass is 9.99. The van der Waals surface area contributed by atoms with Crippen LogP contribution in [0.3, 0.4) is 0 Å². The topological polar surface area (TPSA) is 89.0 Å². The van der Waals surface area contributed by atoms with Crippen LogP contribution in [0.1, 0.15) is 16.5 Å². The van der Waals surface area contributed by atoms with Crippen LogP contribution < -0.4 is 14.4 Å². The zero-order valence-corrected chi connectivity index (χ0v) is 19.7. The maximum Gasteiger partial charge on any atom is 0.301 e. The number of aliphatic hydroxyl groups is 1. The number of anilines is 1. The minimum atomic E-state index is -0.816. The van der Waals surface area contributed by atoms with Crippen molar-refractivity contribution in [2.75, 3.05) is 18.1 Å². The standard InChI is InChI=1S/C24H15ClN2O5S2/c25-13-4-5-14-18(11-13)34-24(26-14)27-20(17-2-1-9-33-17)19(22(29)23(27)30)21(28)12-3-6-15-16(10-12)32-8-7-31-15/h1-6,9-11,20,28H,7-8H2/t20-/m0/s1. The highest BCUT2D eigenvalue weighted by atomic mass is 35.5. The van der Waals surface area contributed by atoms with Gasteiger partial charge in [-0.3, -0.25) is 14.5 Å². The predicted molar refractivity (Wildman–Crippen MR) is 131 cm³/mol. The Morgan fingerprint density at radius 3 is 2.71 bits per heavy atom. The van der Waals surface area contributed by atoms with E-state index in [4.69, 9.17) is 21.1 Å². The zero-order valence-electron chi connectivity index (χ0n) is 17.4. The fourth-order valence-corrected chi connectivity index (χ4v) is 6.17. The minimum absolute atomic E-state index is 0.00131. The molecule has 1 amide bonds. The van der Waals surface area contributed by atoms with Gasteiger partial charge in [0.25, 0.3) is 5.78 Å². The molecule has 10 heteroatoms. The minimum Gasteiger partial charge on any atom is -0.507 e. The summed E-state index contributed by atoms with van der Waals surface area (Å²) in [5, 5.41) is 14.0. The van der Waals surface area contributed by atoms with Gasteiger partial charge in [-0.25, -0.2) is 4.98 Å². The van der Waals surface area contributed by atoms with Gasteiger partial charge >= 0.3 is 5.91 Å². The van der Waals surface area contributed by atoms with Crippen molar-refractivity contribution in [1.82, 2.24) is 4.98 Å². The van der Waals surface area contributed by atoms with Gasteiger partial charge in [0.2, 0.25) is 0 Å². The van der Waals surface area contributed by atoms with Crippen LogP contribution in [-0.2, 0) is 9.59 Å². The molecule has 170 valence electrons. The number of aliphatic hydroxyl groups excluding tert-OH is 1. The Labute approximate surface area is 206 Å². The molecule has 0 saturated carbocycles. The van der Waals surface area contributed by atoms with Crippen LogP contribution in [0.5, 0.6) is 11.5 Å². The second-order valence-corrected chi connectivity index (χ2v) is 10.1. The average molecular weight is 511 g/mol. The number of benzene rings is 2. The Kier molecular flexibility index (Phi) is 5.05. The van der Waals surface area contributed by atoms with Gasteiger partial charge in [-0.1, -0.05) is 29.0 Å². The molecule has 1 atom stereocenters. The van der Waals surface area contributed by atoms with E-state index < -0.39 is 17.7 Å². The maximum absolute atomic E-state index is 13.3. The van der Waals surface area contributed by atoms with Gasteiger partial charge in [-0.2, -0.15) is 0 Å². The van der Waals surface area contributed by atoms with E-state index in [0.29, 0.717) is 45.9 Å². The number of thiazole rings is 1. The summed E-state index contributed by atoms with van der Waals surface area (Å²) in [4.78, 5) is 33.2. The normalized spacial score (nSPS) is 19.2. The maximum atomic E-state index is 13.3. The van der Waals surface area contributed by atoms with Crippen molar-refractivity contribution in [3.05, 3.63) is 74.9 Å². The molecule has 1 N–H and O–H groups in total. The first-order valence-corrected chi connectivity index (χ1v) is 12.4. The van der Waals surface area contributed by atoms with Crippen molar-refractivity contribution in [1.29, 1.82) is 0 Å². The van der Waals surface area contributed by atoms with E-state index in [1.54, 1.807) is 36.4 Å². The Morgan fingerprint density at radius 2 is 1.91 bits per heavy atom. The number of thiophene rings is 1. The van der Waals surface area contributed by atoms with Gasteiger partial charge in [-0.15, -0.1) is 11.3 Å². The molecule has 6 rings (SSSR count). The summed E-state index contributed by atoms with van der Waals surface area (Å²) in [5.41, 5.74) is 1.03. The Hall–Kier alpha value is -3.40. The first-order chi connectivity index (χ1) is 16.5. The molecule has 4 heterocycles. The summed E-state index contributed by atoms with van der Waals surface area (Å²) in [7, 11) is 0. The number of halogens is 1. The number of carbonyl (C=O) groups is 2. The second-order valence-electron chi connectivity index (χ2n) is 7.65. The van der Waals surface area contributed by atoms with Crippen LogP contribution in [0.2, 0.25) is 5.02 Å². The lowest BCUT2D eigenvalue weighted by Crippen LogP contribution is -2.28. The number of nitrogens with zero attached hydrogens (tertiary/aromatic N) is 2. The van der Waals surface area contributed by atoms with Crippen molar-refractivity contribution in [3.63, 3.8) is 0 Å². The summed E-state index contributed by atoms with van der Waals surface area (Å²) in [6.45, 7) is 0.827. The summed E-state index contributed by atoms with van der Waals surface area (Å²) in [5.74, 6) is -0.766. The lowest BCUT2D eigenvalue weighted by molar-refractivity contribution is -0.132. The van der Waals surface area contributed by atoms with Crippen molar-refractivity contribution >= 4 is 67.1 Å². The Bertz CT molecular complexity index is 1490. The molecule has 4 aromatic rings. The number of hydrogen-bond acceptors (Lipinski definition) is 8. The third kappa shape index (κ3) is 3.35. The smallest absolute Gasteiger partial charge is 0.301 e. The zero-order chi connectivity index (χ0) is 23.4. The van der Waals surface area contributed by atoms with Crippen molar-refractivity contribution in [3.8, 4) is 11.5 Å². The van der Waals surface area contributed by atoms with E-state index >= 15 is 0 Å². The number of fused-ring (bicyclic) bond motifs is 2.